The van der Waals surface area contributed by atoms with Gasteiger partial charge < -0.3 is 10.7 Å². The molecule has 0 saturated carbocycles. The van der Waals surface area contributed by atoms with E-state index in [2.05, 4.69) is 9.97 Å². The molecule has 1 aromatic rings. The maximum atomic E-state index is 12.3. The Morgan fingerprint density at radius 2 is 2.28 bits per heavy atom. The lowest BCUT2D eigenvalue weighted by Gasteiger charge is -2.20. The number of nitrogens with one attached hydrogen (secondary N) is 1. The van der Waals surface area contributed by atoms with E-state index >= 15 is 0 Å². The Bertz CT molecular complexity index is 580. The molecule has 2 rings (SSSR count). The molecule has 1 unspecified atom stereocenters. The average molecular weight is 272 g/mol. The van der Waals surface area contributed by atoms with Gasteiger partial charge in [-0.2, -0.15) is 4.31 Å². The number of amides is 1. The second kappa shape index (κ2) is 4.06. The standard InChI is InChI=1S/C10H16N4O3S/c1-7-12-5-8(13-7)18(16,17)14-4-3-10(2,6-14)9(11)15/h5H,3-4,6H2,1-2H3,(H2,11,15)(H,12,13). The van der Waals surface area contributed by atoms with E-state index in [4.69, 9.17) is 5.73 Å². The molecule has 1 aliphatic heterocycles. The van der Waals surface area contributed by atoms with Crippen molar-refractivity contribution in [3.05, 3.63) is 12.0 Å². The van der Waals surface area contributed by atoms with Crippen LogP contribution in [-0.4, -0.2) is 41.7 Å². The zero-order valence-electron chi connectivity index (χ0n) is 10.3. The van der Waals surface area contributed by atoms with E-state index in [1.54, 1.807) is 13.8 Å². The number of nitrogens with two attached hydrogens (primary N) is 1. The minimum absolute atomic E-state index is 0.0497. The quantitative estimate of drug-likeness (QED) is 0.780. The molecular formula is C10H16N4O3S. The number of carbonyl (C=O) groups excluding carboxylic acids is 1. The van der Waals surface area contributed by atoms with Crippen molar-refractivity contribution in [2.24, 2.45) is 11.1 Å². The van der Waals surface area contributed by atoms with Gasteiger partial charge in [0, 0.05) is 13.1 Å². The number of hydrogen-bond donors (Lipinski definition) is 2. The lowest BCUT2D eigenvalue weighted by atomic mass is 9.89. The highest BCUT2D eigenvalue weighted by atomic mass is 32.2. The predicted molar refractivity (Wildman–Crippen MR) is 64.0 cm³/mol. The van der Waals surface area contributed by atoms with Gasteiger partial charge >= 0.3 is 0 Å². The third-order valence-corrected chi connectivity index (χ3v) is 5.09. The van der Waals surface area contributed by atoms with Gasteiger partial charge in [0.05, 0.1) is 11.6 Å². The Balaban J connectivity index is 2.27. The van der Waals surface area contributed by atoms with E-state index < -0.39 is 21.3 Å². The molecular weight excluding hydrogens is 256 g/mol. The Kier molecular flexibility index (Phi) is 2.94. The van der Waals surface area contributed by atoms with Crippen molar-refractivity contribution < 1.29 is 13.2 Å². The number of rotatable bonds is 3. The second-order valence-corrected chi connectivity index (χ2v) is 6.75. The topological polar surface area (TPSA) is 109 Å². The molecule has 0 spiro atoms. The highest BCUT2D eigenvalue weighted by molar-refractivity contribution is 7.89. The first-order valence-corrected chi connectivity index (χ1v) is 7.01. The summed E-state index contributed by atoms with van der Waals surface area (Å²) in [5.74, 6) is 0.0615. The van der Waals surface area contributed by atoms with Gasteiger partial charge in [0.2, 0.25) is 5.91 Å². The summed E-state index contributed by atoms with van der Waals surface area (Å²) in [6, 6.07) is 0. The van der Waals surface area contributed by atoms with Crippen LogP contribution in [0.2, 0.25) is 0 Å². The fraction of sp³-hybridized carbons (Fsp3) is 0.600. The van der Waals surface area contributed by atoms with Crippen LogP contribution in [0.1, 0.15) is 19.2 Å². The predicted octanol–water partition coefficient (Wildman–Crippen LogP) is -0.396. The minimum Gasteiger partial charge on any atom is -0.369 e. The summed E-state index contributed by atoms with van der Waals surface area (Å²) in [5, 5.41) is 0.0497. The molecule has 1 amide bonds. The molecule has 1 fully saturated rings. The van der Waals surface area contributed by atoms with Crippen LogP contribution < -0.4 is 5.73 Å². The van der Waals surface area contributed by atoms with Crippen molar-refractivity contribution in [3.8, 4) is 0 Å². The van der Waals surface area contributed by atoms with Gasteiger partial charge in [-0.05, 0) is 20.3 Å². The molecule has 3 N–H and O–H groups in total. The first-order chi connectivity index (χ1) is 8.25. The van der Waals surface area contributed by atoms with Crippen molar-refractivity contribution in [2.45, 2.75) is 25.3 Å². The molecule has 8 heteroatoms. The van der Waals surface area contributed by atoms with Gasteiger partial charge in [0.25, 0.3) is 10.0 Å². The summed E-state index contributed by atoms with van der Waals surface area (Å²) < 4.78 is 25.8. The van der Waals surface area contributed by atoms with Crippen molar-refractivity contribution in [2.75, 3.05) is 13.1 Å². The molecule has 100 valence electrons. The first-order valence-electron chi connectivity index (χ1n) is 5.57. The zero-order valence-corrected chi connectivity index (χ0v) is 11.1. The molecule has 1 atom stereocenters. The lowest BCUT2D eigenvalue weighted by molar-refractivity contribution is -0.126. The average Bonchev–Trinajstić information content (AvgIpc) is 2.86. The Labute approximate surface area is 105 Å². The van der Waals surface area contributed by atoms with Gasteiger partial charge in [-0.15, -0.1) is 0 Å². The van der Waals surface area contributed by atoms with Crippen LogP contribution in [0.3, 0.4) is 0 Å². The SMILES string of the molecule is Cc1ncc(S(=O)(=O)N2CCC(C)(C(N)=O)C2)[nH]1. The van der Waals surface area contributed by atoms with Gasteiger partial charge in [0.15, 0.2) is 5.03 Å². The van der Waals surface area contributed by atoms with E-state index in [0.717, 1.165) is 0 Å². The van der Waals surface area contributed by atoms with Crippen LogP contribution in [0.25, 0.3) is 0 Å². The fourth-order valence-electron chi connectivity index (χ4n) is 1.99. The van der Waals surface area contributed by atoms with Gasteiger partial charge in [-0.25, -0.2) is 13.4 Å². The molecule has 18 heavy (non-hydrogen) atoms. The summed E-state index contributed by atoms with van der Waals surface area (Å²) in [4.78, 5) is 17.9. The number of nitrogens with zero attached hydrogens (tertiary/aromatic N) is 2. The van der Waals surface area contributed by atoms with Crippen LogP contribution in [-0.2, 0) is 14.8 Å². The number of aromatic amines is 1. The van der Waals surface area contributed by atoms with E-state index in [1.807, 2.05) is 0 Å². The molecule has 2 heterocycles. The molecule has 1 saturated heterocycles. The zero-order chi connectivity index (χ0) is 13.6. The number of hydrogen-bond acceptors (Lipinski definition) is 4. The van der Waals surface area contributed by atoms with E-state index in [-0.39, 0.29) is 11.6 Å². The van der Waals surface area contributed by atoms with Crippen molar-refractivity contribution in [1.29, 1.82) is 0 Å². The molecule has 0 radical (unpaired) electrons. The van der Waals surface area contributed by atoms with E-state index in [1.165, 1.54) is 10.5 Å². The summed E-state index contributed by atoms with van der Waals surface area (Å²) in [6.45, 7) is 3.77. The van der Waals surface area contributed by atoms with Gasteiger partial charge in [-0.1, -0.05) is 0 Å². The second-order valence-electron chi connectivity index (χ2n) is 4.85. The highest BCUT2D eigenvalue weighted by Gasteiger charge is 2.44. The van der Waals surface area contributed by atoms with Crippen molar-refractivity contribution in [1.82, 2.24) is 14.3 Å². The Morgan fingerprint density at radius 3 is 2.72 bits per heavy atom. The van der Waals surface area contributed by atoms with Crippen LogP contribution in [0.5, 0.6) is 0 Å². The van der Waals surface area contributed by atoms with E-state index in [9.17, 15) is 13.2 Å². The number of aromatic nitrogens is 2. The number of carbonyl (C=O) groups is 1. The Hall–Kier alpha value is -1.41. The van der Waals surface area contributed by atoms with Crippen molar-refractivity contribution in [3.63, 3.8) is 0 Å². The van der Waals surface area contributed by atoms with Crippen LogP contribution in [0.15, 0.2) is 11.2 Å². The summed E-state index contributed by atoms with van der Waals surface area (Å²) >= 11 is 0. The minimum atomic E-state index is -3.61. The summed E-state index contributed by atoms with van der Waals surface area (Å²) in [5.41, 5.74) is 4.51. The third-order valence-electron chi connectivity index (χ3n) is 3.33. The van der Waals surface area contributed by atoms with Gasteiger partial charge in [0.1, 0.15) is 5.82 Å². The maximum Gasteiger partial charge on any atom is 0.260 e. The fourth-order valence-corrected chi connectivity index (χ4v) is 3.52. The lowest BCUT2D eigenvalue weighted by Crippen LogP contribution is -2.38. The molecule has 0 aliphatic carbocycles. The van der Waals surface area contributed by atoms with Crippen molar-refractivity contribution >= 4 is 15.9 Å². The molecule has 1 aliphatic rings. The highest BCUT2D eigenvalue weighted by Crippen LogP contribution is 2.32. The number of sulfonamides is 1. The van der Waals surface area contributed by atoms with Gasteiger partial charge in [-0.3, -0.25) is 4.79 Å². The number of aryl methyl sites for hydroxylation is 1. The van der Waals surface area contributed by atoms with Crippen LogP contribution in [0.4, 0.5) is 0 Å². The van der Waals surface area contributed by atoms with E-state index in [0.29, 0.717) is 18.8 Å². The molecule has 0 bridgehead atoms. The molecule has 0 aromatic carbocycles. The largest absolute Gasteiger partial charge is 0.369 e. The monoisotopic (exact) mass is 272 g/mol. The molecule has 1 aromatic heterocycles. The number of H-pyrrole nitrogens is 1. The third kappa shape index (κ3) is 2.01. The smallest absolute Gasteiger partial charge is 0.260 e. The van der Waals surface area contributed by atoms with Crippen LogP contribution >= 0.6 is 0 Å². The maximum absolute atomic E-state index is 12.3. The normalized spacial score (nSPS) is 25.4. The Morgan fingerprint density at radius 1 is 1.61 bits per heavy atom. The first kappa shape index (κ1) is 13.0. The molecule has 7 nitrogen and oxygen atoms in total. The summed E-state index contributed by atoms with van der Waals surface area (Å²) in [7, 11) is -3.61. The number of primary amides is 1. The number of imidazole rings is 1. The summed E-state index contributed by atoms with van der Waals surface area (Å²) in [6.07, 6.45) is 1.72. The van der Waals surface area contributed by atoms with Crippen LogP contribution in [0, 0.1) is 12.3 Å².